The van der Waals surface area contributed by atoms with Crippen molar-refractivity contribution in [1.82, 2.24) is 21.3 Å². The summed E-state index contributed by atoms with van der Waals surface area (Å²) in [6.07, 6.45) is 19.4. The van der Waals surface area contributed by atoms with Crippen molar-refractivity contribution in [2.75, 3.05) is 72.5 Å². The summed E-state index contributed by atoms with van der Waals surface area (Å²) in [7, 11) is 0. The van der Waals surface area contributed by atoms with Crippen molar-refractivity contribution in [2.24, 2.45) is 0 Å². The van der Waals surface area contributed by atoms with E-state index in [1.165, 1.54) is 69.8 Å². The lowest BCUT2D eigenvalue weighted by Crippen LogP contribution is -2.43. The zero-order chi connectivity index (χ0) is 39.9. The van der Waals surface area contributed by atoms with E-state index in [1.54, 1.807) is 0 Å². The van der Waals surface area contributed by atoms with Crippen LogP contribution in [0, 0.1) is 0 Å². The maximum absolute atomic E-state index is 12.2. The highest BCUT2D eigenvalue weighted by Gasteiger charge is 2.21. The quantitative estimate of drug-likeness (QED) is 0.0420. The molecular weight excluding hydrogens is 696 g/mol. The lowest BCUT2D eigenvalue weighted by Gasteiger charge is -2.14. The Hall–Kier alpha value is -3.07. The molecular formula is C40H74N4O10. The third kappa shape index (κ3) is 37.3. The van der Waals surface area contributed by atoms with E-state index in [0.29, 0.717) is 26.1 Å². The van der Waals surface area contributed by atoms with Crippen molar-refractivity contribution in [3.63, 3.8) is 0 Å². The maximum Gasteiger partial charge on any atom is 0.326 e. The van der Waals surface area contributed by atoms with Crippen LogP contribution in [-0.2, 0) is 42.9 Å². The fraction of sp³-hybridized carbons (Fsp3) is 0.825. The number of aliphatic carboxylic acids is 1. The second kappa shape index (κ2) is 38.2. The van der Waals surface area contributed by atoms with Gasteiger partial charge in [-0.2, -0.15) is 0 Å². The van der Waals surface area contributed by atoms with Gasteiger partial charge in [-0.05, 0) is 39.0 Å². The van der Waals surface area contributed by atoms with Crippen LogP contribution in [0.15, 0.2) is 12.2 Å². The van der Waals surface area contributed by atoms with E-state index >= 15 is 0 Å². The number of unbranched alkanes of at least 4 members (excludes halogenated alkanes) is 13. The number of carbonyl (C=O) groups excluding carboxylic acids is 4. The average Bonchev–Trinajstić information content (AvgIpc) is 3.13. The van der Waals surface area contributed by atoms with Crippen molar-refractivity contribution >= 4 is 29.6 Å². The average molecular weight is 771 g/mol. The summed E-state index contributed by atoms with van der Waals surface area (Å²) in [4.78, 5) is 59.5. The van der Waals surface area contributed by atoms with Crippen molar-refractivity contribution in [1.29, 1.82) is 0 Å². The molecule has 0 aromatic carbocycles. The van der Waals surface area contributed by atoms with Gasteiger partial charge in [-0.3, -0.25) is 19.2 Å². The third-order valence-electron chi connectivity index (χ3n) is 8.50. The molecule has 54 heavy (non-hydrogen) atoms. The number of hydrogen-bond acceptors (Lipinski definition) is 9. The van der Waals surface area contributed by atoms with Gasteiger partial charge in [-0.25, -0.2) is 4.79 Å². The molecule has 4 amide bonds. The van der Waals surface area contributed by atoms with Gasteiger partial charge in [-0.15, -0.1) is 6.58 Å². The number of hydrogen-bond donors (Lipinski definition) is 5. The van der Waals surface area contributed by atoms with Gasteiger partial charge in [0.1, 0.15) is 19.3 Å². The molecule has 1 atom stereocenters. The fourth-order valence-electron chi connectivity index (χ4n) is 5.37. The molecule has 0 aromatic rings. The summed E-state index contributed by atoms with van der Waals surface area (Å²) < 4.78 is 21.3. The molecule has 0 aliphatic rings. The number of carboxylic acids is 1. The molecule has 0 saturated carbocycles. The minimum Gasteiger partial charge on any atom is -0.480 e. The molecule has 0 aliphatic heterocycles. The van der Waals surface area contributed by atoms with E-state index in [-0.39, 0.29) is 83.4 Å². The van der Waals surface area contributed by atoms with E-state index in [9.17, 15) is 29.1 Å². The third-order valence-corrected chi connectivity index (χ3v) is 8.50. The van der Waals surface area contributed by atoms with Gasteiger partial charge in [0.05, 0.1) is 39.6 Å². The highest BCUT2D eigenvalue weighted by atomic mass is 16.5. The van der Waals surface area contributed by atoms with E-state index in [1.807, 2.05) is 0 Å². The van der Waals surface area contributed by atoms with Crippen molar-refractivity contribution < 1.29 is 48.0 Å². The molecule has 0 spiro atoms. The number of carbonyl (C=O) groups is 5. The molecule has 0 fully saturated rings. The van der Waals surface area contributed by atoms with Gasteiger partial charge in [0, 0.05) is 32.5 Å². The first-order chi connectivity index (χ1) is 26.1. The van der Waals surface area contributed by atoms with Crippen LogP contribution < -0.4 is 21.3 Å². The number of nitrogens with one attached hydrogen (secondary N) is 4. The molecule has 0 saturated heterocycles. The van der Waals surface area contributed by atoms with Crippen molar-refractivity contribution in [3.8, 4) is 0 Å². The summed E-state index contributed by atoms with van der Waals surface area (Å²) in [5, 5.41) is 20.1. The monoisotopic (exact) mass is 771 g/mol. The summed E-state index contributed by atoms with van der Waals surface area (Å²) in [6.45, 7) is 10.4. The van der Waals surface area contributed by atoms with Crippen LogP contribution >= 0.6 is 0 Å². The maximum atomic E-state index is 12.2. The molecule has 0 rings (SSSR count). The van der Waals surface area contributed by atoms with Crippen LogP contribution in [0.5, 0.6) is 0 Å². The Morgan fingerprint density at radius 2 is 0.963 bits per heavy atom. The standard InChI is InChI=1S/C40H74N4O10/c1-4-5-18-23-41-38(47)32-53-30-28-52-27-25-43-37(46)22-21-35(40(49)50)44-39(48)33-54-31-29-51-26-24-42-36(45)20-17-15-13-11-9-7-6-8-10-12-14-16-19-34(2)3/h35H,2,4-33H2,1,3H3,(H,41,47)(H,42,45)(H,43,46)(H,44,48)(H,49,50). The van der Waals surface area contributed by atoms with Gasteiger partial charge in [0.15, 0.2) is 0 Å². The smallest absolute Gasteiger partial charge is 0.326 e. The summed E-state index contributed by atoms with van der Waals surface area (Å²) in [6, 6.07) is -1.24. The van der Waals surface area contributed by atoms with E-state index in [0.717, 1.165) is 38.5 Å². The van der Waals surface area contributed by atoms with Crippen LogP contribution in [0.25, 0.3) is 0 Å². The SMILES string of the molecule is C=C(C)CCCCCCCCCCCCCCC(=O)NCCOCCOCC(=O)NC(CCC(=O)NCCOCCOCC(=O)NCCCCC)C(=O)O. The Morgan fingerprint density at radius 3 is 1.46 bits per heavy atom. The lowest BCUT2D eigenvalue weighted by molar-refractivity contribution is -0.143. The topological polar surface area (TPSA) is 191 Å². The van der Waals surface area contributed by atoms with Crippen LogP contribution in [0.1, 0.15) is 136 Å². The van der Waals surface area contributed by atoms with Gasteiger partial charge >= 0.3 is 5.97 Å². The number of carboxylic acid groups (broad SMARTS) is 1. The fourth-order valence-corrected chi connectivity index (χ4v) is 5.37. The normalized spacial score (nSPS) is 11.5. The highest BCUT2D eigenvalue weighted by molar-refractivity contribution is 5.85. The second-order valence-corrected chi connectivity index (χ2v) is 13.8. The summed E-state index contributed by atoms with van der Waals surface area (Å²) in [5.41, 5.74) is 1.29. The first-order valence-corrected chi connectivity index (χ1v) is 20.4. The van der Waals surface area contributed by atoms with Crippen LogP contribution in [0.2, 0.25) is 0 Å². The predicted molar refractivity (Wildman–Crippen MR) is 210 cm³/mol. The molecule has 0 bridgehead atoms. The number of ether oxygens (including phenoxy) is 4. The molecule has 0 radical (unpaired) electrons. The van der Waals surface area contributed by atoms with E-state index in [2.05, 4.69) is 41.7 Å². The Kier molecular flexibility index (Phi) is 36.0. The Balaban J connectivity index is 3.66. The Bertz CT molecular complexity index is 998. The zero-order valence-electron chi connectivity index (χ0n) is 33.6. The van der Waals surface area contributed by atoms with Gasteiger partial charge in [-0.1, -0.05) is 89.5 Å². The predicted octanol–water partition coefficient (Wildman–Crippen LogP) is 4.98. The second-order valence-electron chi connectivity index (χ2n) is 13.8. The van der Waals surface area contributed by atoms with Gasteiger partial charge < -0.3 is 45.3 Å². The van der Waals surface area contributed by atoms with Crippen molar-refractivity contribution in [3.05, 3.63) is 12.2 Å². The molecule has 0 aliphatic carbocycles. The van der Waals surface area contributed by atoms with Crippen LogP contribution in [-0.4, -0.2) is 113 Å². The molecule has 0 aromatic heterocycles. The van der Waals surface area contributed by atoms with Crippen LogP contribution in [0.3, 0.4) is 0 Å². The molecule has 0 heterocycles. The van der Waals surface area contributed by atoms with Crippen LogP contribution in [0.4, 0.5) is 0 Å². The lowest BCUT2D eigenvalue weighted by atomic mass is 10.0. The summed E-state index contributed by atoms with van der Waals surface area (Å²) >= 11 is 0. The summed E-state index contributed by atoms with van der Waals surface area (Å²) in [5.74, 6) is -2.39. The molecule has 1 unspecified atom stereocenters. The van der Waals surface area contributed by atoms with E-state index in [4.69, 9.17) is 18.9 Å². The molecule has 5 N–H and O–H groups in total. The Morgan fingerprint density at radius 1 is 0.519 bits per heavy atom. The van der Waals surface area contributed by atoms with Gasteiger partial charge in [0.25, 0.3) is 0 Å². The molecule has 314 valence electrons. The zero-order valence-corrected chi connectivity index (χ0v) is 33.6. The molecule has 14 heteroatoms. The molecule has 14 nitrogen and oxygen atoms in total. The number of rotatable bonds is 40. The first-order valence-electron chi connectivity index (χ1n) is 20.4. The van der Waals surface area contributed by atoms with Gasteiger partial charge in [0.2, 0.25) is 23.6 Å². The minimum absolute atomic E-state index is 0.0168. The highest BCUT2D eigenvalue weighted by Crippen LogP contribution is 2.14. The Labute approximate surface area is 325 Å². The number of allylic oxidation sites excluding steroid dienone is 1. The largest absolute Gasteiger partial charge is 0.480 e. The van der Waals surface area contributed by atoms with Crippen molar-refractivity contribution in [2.45, 2.75) is 142 Å². The number of amides is 4. The van der Waals surface area contributed by atoms with E-state index < -0.39 is 17.9 Å². The minimum atomic E-state index is -1.25. The first kappa shape index (κ1) is 50.9.